The van der Waals surface area contributed by atoms with Gasteiger partial charge in [0.25, 0.3) is 0 Å². The first-order valence-electron chi connectivity index (χ1n) is 9.99. The fourth-order valence-electron chi connectivity index (χ4n) is 4.26. The molecular weight excluding hydrogens is 370 g/mol. The van der Waals surface area contributed by atoms with Gasteiger partial charge in [0.1, 0.15) is 11.5 Å². The molecule has 2 aromatic carbocycles. The number of aromatic hydroxyl groups is 1. The first-order chi connectivity index (χ1) is 14.1. The van der Waals surface area contributed by atoms with E-state index in [4.69, 9.17) is 14.2 Å². The maximum atomic E-state index is 12.9. The SMILES string of the molecule is C[C@@H]1CCCN(Cc2c(O)ccc3c2OC(=Cc2ccc4c(c2)OCO4)C3=O)C1. The van der Waals surface area contributed by atoms with E-state index in [9.17, 15) is 9.90 Å². The van der Waals surface area contributed by atoms with Crippen molar-refractivity contribution < 1.29 is 24.1 Å². The van der Waals surface area contributed by atoms with E-state index in [1.807, 2.05) is 18.2 Å². The highest BCUT2D eigenvalue weighted by Crippen LogP contribution is 2.41. The highest BCUT2D eigenvalue weighted by atomic mass is 16.7. The van der Waals surface area contributed by atoms with Crippen LogP contribution in [0.3, 0.4) is 0 Å². The number of phenolic OH excluding ortho intramolecular Hbond substituents is 1. The molecule has 6 nitrogen and oxygen atoms in total. The Hall–Kier alpha value is -2.99. The summed E-state index contributed by atoms with van der Waals surface area (Å²) in [5.74, 6) is 2.69. The van der Waals surface area contributed by atoms with Crippen LogP contribution < -0.4 is 14.2 Å². The van der Waals surface area contributed by atoms with Crippen LogP contribution in [0.2, 0.25) is 0 Å². The third kappa shape index (κ3) is 3.34. The van der Waals surface area contributed by atoms with E-state index in [0.29, 0.717) is 40.8 Å². The molecule has 1 atom stereocenters. The standard InChI is InChI=1S/C23H23NO5/c1-14-3-2-8-24(11-14)12-17-18(25)6-5-16-22(26)21(29-23(16)17)10-15-4-7-19-20(9-15)28-13-27-19/h4-7,9-10,14,25H,2-3,8,11-13H2,1H3/t14-/m1/s1. The van der Waals surface area contributed by atoms with Gasteiger partial charge in [0.2, 0.25) is 12.6 Å². The maximum absolute atomic E-state index is 12.9. The van der Waals surface area contributed by atoms with Crippen LogP contribution in [0.25, 0.3) is 6.08 Å². The van der Waals surface area contributed by atoms with Gasteiger partial charge in [-0.15, -0.1) is 0 Å². The number of benzene rings is 2. The van der Waals surface area contributed by atoms with Crippen molar-refractivity contribution in [3.8, 4) is 23.0 Å². The Balaban J connectivity index is 1.44. The number of ether oxygens (including phenoxy) is 3. The van der Waals surface area contributed by atoms with Crippen molar-refractivity contribution in [2.75, 3.05) is 19.9 Å². The summed E-state index contributed by atoms with van der Waals surface area (Å²) in [6.45, 7) is 4.99. The van der Waals surface area contributed by atoms with Gasteiger partial charge >= 0.3 is 0 Å². The Morgan fingerprint density at radius 1 is 1.21 bits per heavy atom. The fraction of sp³-hybridized carbons (Fsp3) is 0.348. The Morgan fingerprint density at radius 3 is 2.93 bits per heavy atom. The summed E-state index contributed by atoms with van der Waals surface area (Å²) in [4.78, 5) is 15.2. The van der Waals surface area contributed by atoms with E-state index >= 15 is 0 Å². The van der Waals surface area contributed by atoms with Crippen LogP contribution in [0.1, 0.15) is 41.3 Å². The number of fused-ring (bicyclic) bond motifs is 2. The summed E-state index contributed by atoms with van der Waals surface area (Å²) in [5, 5.41) is 10.5. The minimum Gasteiger partial charge on any atom is -0.507 e. The van der Waals surface area contributed by atoms with E-state index in [1.165, 1.54) is 6.42 Å². The molecular formula is C23H23NO5. The van der Waals surface area contributed by atoms with E-state index < -0.39 is 0 Å². The summed E-state index contributed by atoms with van der Waals surface area (Å²) in [7, 11) is 0. The van der Waals surface area contributed by atoms with Gasteiger partial charge in [-0.2, -0.15) is 0 Å². The van der Waals surface area contributed by atoms with Crippen LogP contribution in [0.5, 0.6) is 23.0 Å². The molecule has 150 valence electrons. The van der Waals surface area contributed by atoms with Crippen LogP contribution in [0, 0.1) is 5.92 Å². The smallest absolute Gasteiger partial charge is 0.231 e. The zero-order valence-corrected chi connectivity index (χ0v) is 16.3. The lowest BCUT2D eigenvalue weighted by atomic mass is 9.99. The summed E-state index contributed by atoms with van der Waals surface area (Å²) in [5.41, 5.74) is 1.97. The molecule has 0 aromatic heterocycles. The number of rotatable bonds is 3. The molecule has 3 heterocycles. The number of carbonyl (C=O) groups excluding carboxylic acids is 1. The van der Waals surface area contributed by atoms with Gasteiger partial charge in [-0.1, -0.05) is 13.0 Å². The second-order valence-electron chi connectivity index (χ2n) is 7.97. The molecule has 1 N–H and O–H groups in total. The van der Waals surface area contributed by atoms with Crippen molar-refractivity contribution in [1.82, 2.24) is 4.90 Å². The summed E-state index contributed by atoms with van der Waals surface area (Å²) < 4.78 is 16.7. The normalized spacial score (nSPS) is 22.0. The topological polar surface area (TPSA) is 68.2 Å². The quantitative estimate of drug-likeness (QED) is 0.796. The van der Waals surface area contributed by atoms with Crippen LogP contribution in [0.4, 0.5) is 0 Å². The van der Waals surface area contributed by atoms with Crippen molar-refractivity contribution in [3.63, 3.8) is 0 Å². The van der Waals surface area contributed by atoms with Crippen molar-refractivity contribution >= 4 is 11.9 Å². The van der Waals surface area contributed by atoms with Gasteiger partial charge in [-0.3, -0.25) is 9.69 Å². The predicted molar refractivity (Wildman–Crippen MR) is 107 cm³/mol. The summed E-state index contributed by atoms with van der Waals surface area (Å²) >= 11 is 0. The monoisotopic (exact) mass is 393 g/mol. The van der Waals surface area contributed by atoms with Crippen molar-refractivity contribution in [2.24, 2.45) is 5.92 Å². The van der Waals surface area contributed by atoms with E-state index in [2.05, 4.69) is 11.8 Å². The fourth-order valence-corrected chi connectivity index (χ4v) is 4.26. The highest BCUT2D eigenvalue weighted by molar-refractivity contribution is 6.15. The summed E-state index contributed by atoms with van der Waals surface area (Å²) in [6.07, 6.45) is 4.08. The van der Waals surface area contributed by atoms with Gasteiger partial charge in [0.15, 0.2) is 17.3 Å². The molecule has 1 saturated heterocycles. The molecule has 0 bridgehead atoms. The Bertz CT molecular complexity index is 1010. The first kappa shape index (κ1) is 18.1. The average molecular weight is 393 g/mol. The molecule has 0 unspecified atom stereocenters. The number of nitrogens with zero attached hydrogens (tertiary/aromatic N) is 1. The Labute approximate surface area is 169 Å². The van der Waals surface area contributed by atoms with Crippen LogP contribution in [-0.4, -0.2) is 35.7 Å². The van der Waals surface area contributed by atoms with Crippen molar-refractivity contribution in [1.29, 1.82) is 0 Å². The number of piperidine rings is 1. The van der Waals surface area contributed by atoms with Gasteiger partial charge in [-0.25, -0.2) is 0 Å². The third-order valence-electron chi connectivity index (χ3n) is 5.73. The molecule has 0 amide bonds. The second-order valence-corrected chi connectivity index (χ2v) is 7.97. The van der Waals surface area contributed by atoms with Crippen LogP contribution >= 0.6 is 0 Å². The number of likely N-dealkylation sites (tertiary alicyclic amines) is 1. The number of hydrogen-bond acceptors (Lipinski definition) is 6. The average Bonchev–Trinajstić information content (AvgIpc) is 3.29. The lowest BCUT2D eigenvalue weighted by Gasteiger charge is -2.31. The molecule has 2 aromatic rings. The molecule has 0 aliphatic carbocycles. The molecule has 5 rings (SSSR count). The summed E-state index contributed by atoms with van der Waals surface area (Å²) in [6, 6.07) is 8.72. The minimum atomic E-state index is -0.175. The number of phenols is 1. The van der Waals surface area contributed by atoms with Crippen molar-refractivity contribution in [2.45, 2.75) is 26.3 Å². The molecule has 0 saturated carbocycles. The number of hydrogen-bond donors (Lipinski definition) is 1. The molecule has 6 heteroatoms. The number of allylic oxidation sites excluding steroid dienone is 1. The molecule has 29 heavy (non-hydrogen) atoms. The van der Waals surface area contributed by atoms with Crippen LogP contribution in [0.15, 0.2) is 36.1 Å². The first-order valence-corrected chi connectivity index (χ1v) is 9.99. The Kier molecular flexibility index (Phi) is 4.43. The zero-order chi connectivity index (χ0) is 20.0. The highest BCUT2D eigenvalue weighted by Gasteiger charge is 2.32. The number of carbonyl (C=O) groups is 1. The molecule has 3 aliphatic rings. The number of ketones is 1. The largest absolute Gasteiger partial charge is 0.507 e. The van der Waals surface area contributed by atoms with Crippen LogP contribution in [-0.2, 0) is 6.54 Å². The second kappa shape index (κ2) is 7.12. The maximum Gasteiger partial charge on any atom is 0.231 e. The predicted octanol–water partition coefficient (Wildman–Crippen LogP) is 3.97. The van der Waals surface area contributed by atoms with Gasteiger partial charge in [0.05, 0.1) is 11.1 Å². The molecule has 0 radical (unpaired) electrons. The third-order valence-corrected chi connectivity index (χ3v) is 5.73. The zero-order valence-electron chi connectivity index (χ0n) is 16.3. The van der Waals surface area contributed by atoms with Crippen molar-refractivity contribution in [3.05, 3.63) is 52.8 Å². The Morgan fingerprint density at radius 2 is 2.07 bits per heavy atom. The molecule has 3 aliphatic heterocycles. The van der Waals surface area contributed by atoms with Gasteiger partial charge in [0, 0.05) is 13.1 Å². The minimum absolute atomic E-state index is 0.166. The van der Waals surface area contributed by atoms with Gasteiger partial charge < -0.3 is 19.3 Å². The van der Waals surface area contributed by atoms with E-state index in [1.54, 1.807) is 18.2 Å². The lowest BCUT2D eigenvalue weighted by Crippen LogP contribution is -2.33. The number of Topliss-reactive ketones (excluding diaryl/α,β-unsaturated/α-hetero) is 1. The lowest BCUT2D eigenvalue weighted by molar-refractivity contribution is 0.101. The molecule has 1 fully saturated rings. The van der Waals surface area contributed by atoms with Gasteiger partial charge in [-0.05, 0) is 61.2 Å². The van der Waals surface area contributed by atoms with E-state index in [0.717, 1.165) is 25.1 Å². The molecule has 0 spiro atoms. The van der Waals surface area contributed by atoms with E-state index in [-0.39, 0.29) is 24.1 Å².